The van der Waals surface area contributed by atoms with E-state index in [4.69, 9.17) is 4.74 Å². The van der Waals surface area contributed by atoms with Gasteiger partial charge in [0.1, 0.15) is 5.82 Å². The highest BCUT2D eigenvalue weighted by Crippen LogP contribution is 2.29. The first-order valence-electron chi connectivity index (χ1n) is 9.30. The number of pyridine rings is 1. The number of alkyl halides is 3. The molecule has 0 spiro atoms. The maximum absolute atomic E-state index is 13.1. The minimum Gasteiger partial charge on any atom is -0.373 e. The van der Waals surface area contributed by atoms with Gasteiger partial charge in [-0.3, -0.25) is 0 Å². The second-order valence-electron chi connectivity index (χ2n) is 7.09. The third-order valence-electron chi connectivity index (χ3n) is 4.73. The number of morpholine rings is 1. The molecule has 1 aliphatic rings. The first-order valence-corrected chi connectivity index (χ1v) is 11.2. The summed E-state index contributed by atoms with van der Waals surface area (Å²) in [5.41, 5.74) is 0.275. The van der Waals surface area contributed by atoms with Crippen LogP contribution in [0.1, 0.15) is 5.69 Å². The van der Waals surface area contributed by atoms with Gasteiger partial charge >= 0.3 is 6.18 Å². The molecule has 1 unspecified atom stereocenters. The predicted molar refractivity (Wildman–Crippen MR) is 106 cm³/mol. The summed E-state index contributed by atoms with van der Waals surface area (Å²) in [4.78, 5) is 10.4. The smallest absolute Gasteiger partial charge is 0.373 e. The summed E-state index contributed by atoms with van der Waals surface area (Å²) in [6.45, 7) is 1.46. The van der Waals surface area contributed by atoms with Crippen LogP contribution >= 0.6 is 0 Å². The Hall–Kier alpha value is -2.77. The maximum Gasteiger partial charge on any atom is 0.435 e. The van der Waals surface area contributed by atoms with E-state index < -0.39 is 21.9 Å². The second kappa shape index (κ2) is 8.05. The molecule has 0 radical (unpaired) electrons. The zero-order chi connectivity index (χ0) is 22.2. The molecule has 1 N–H and O–H groups in total. The van der Waals surface area contributed by atoms with E-state index in [1.807, 2.05) is 4.90 Å². The average molecular weight is 456 g/mol. The molecule has 4 rings (SSSR count). The van der Waals surface area contributed by atoms with Crippen molar-refractivity contribution >= 4 is 21.5 Å². The number of hydrogen-bond donors (Lipinski definition) is 1. The lowest BCUT2D eigenvalue weighted by Gasteiger charge is -2.33. The third-order valence-corrected chi connectivity index (χ3v) is 5.42. The van der Waals surface area contributed by atoms with Crippen molar-refractivity contribution in [2.45, 2.75) is 12.3 Å². The molecule has 0 aliphatic carbocycles. The summed E-state index contributed by atoms with van der Waals surface area (Å²) in [6, 6.07) is 5.56. The molecule has 13 heteroatoms. The number of nitrogens with zero attached hydrogens (tertiary/aromatic N) is 5. The molecule has 0 saturated carbocycles. The van der Waals surface area contributed by atoms with E-state index in [1.54, 1.807) is 18.3 Å². The van der Waals surface area contributed by atoms with E-state index in [2.05, 4.69) is 19.8 Å². The fraction of sp³-hybridized carbons (Fsp3) is 0.389. The maximum atomic E-state index is 13.1. The van der Waals surface area contributed by atoms with E-state index in [0.717, 1.165) is 16.8 Å². The predicted octanol–water partition coefficient (Wildman–Crippen LogP) is 1.56. The first kappa shape index (κ1) is 21.5. The number of rotatable bonds is 5. The van der Waals surface area contributed by atoms with Gasteiger partial charge < -0.3 is 9.64 Å². The molecule has 31 heavy (non-hydrogen) atoms. The number of nitrogens with one attached hydrogen (secondary N) is 1. The van der Waals surface area contributed by atoms with Gasteiger partial charge in [-0.25, -0.2) is 27.6 Å². The quantitative estimate of drug-likeness (QED) is 0.622. The van der Waals surface area contributed by atoms with Crippen LogP contribution in [-0.4, -0.2) is 66.6 Å². The highest BCUT2D eigenvalue weighted by atomic mass is 32.2. The lowest BCUT2D eigenvalue weighted by molar-refractivity contribution is -0.141. The van der Waals surface area contributed by atoms with Crippen LogP contribution in [0.5, 0.6) is 0 Å². The van der Waals surface area contributed by atoms with Crippen molar-refractivity contribution < 1.29 is 26.3 Å². The average Bonchev–Trinajstić information content (AvgIpc) is 3.15. The number of fused-ring (bicyclic) bond motifs is 1. The summed E-state index contributed by atoms with van der Waals surface area (Å²) in [7, 11) is -3.34. The highest BCUT2D eigenvalue weighted by molar-refractivity contribution is 7.88. The van der Waals surface area contributed by atoms with E-state index in [0.29, 0.717) is 42.4 Å². The van der Waals surface area contributed by atoms with Crippen LogP contribution in [0.3, 0.4) is 0 Å². The summed E-state index contributed by atoms with van der Waals surface area (Å²) in [6.07, 6.45) is -0.841. The molecule has 1 atom stereocenters. The van der Waals surface area contributed by atoms with Crippen molar-refractivity contribution in [2.75, 3.05) is 37.4 Å². The third kappa shape index (κ3) is 4.94. The lowest BCUT2D eigenvalue weighted by Crippen LogP contribution is -2.47. The minimum absolute atomic E-state index is 0.131. The van der Waals surface area contributed by atoms with Crippen molar-refractivity contribution in [2.24, 2.45) is 0 Å². The Morgan fingerprint density at radius 3 is 2.81 bits per heavy atom. The van der Waals surface area contributed by atoms with Crippen LogP contribution in [0, 0.1) is 0 Å². The molecule has 0 aromatic carbocycles. The SMILES string of the molecule is CS(=O)(=O)NCC1CN(c2cc(-c3cnc4ccc(C(F)(F)F)nn34)ccn2)CCO1. The van der Waals surface area contributed by atoms with Gasteiger partial charge in [0, 0.05) is 31.4 Å². The standard InChI is InChI=1S/C18H19F3N6O3S/c1-31(28,29)24-9-13-11-26(6-7-30-13)17-8-12(4-5-22-17)14-10-23-16-3-2-15(18(19,20)21)25-27(14)16/h2-5,8,10,13,24H,6-7,9,11H2,1H3. The van der Waals surface area contributed by atoms with Gasteiger partial charge in [-0.1, -0.05) is 0 Å². The molecule has 1 aliphatic heterocycles. The Morgan fingerprint density at radius 1 is 1.26 bits per heavy atom. The number of imidazole rings is 1. The monoisotopic (exact) mass is 456 g/mol. The molecule has 9 nitrogen and oxygen atoms in total. The van der Waals surface area contributed by atoms with Crippen molar-refractivity contribution in [3.8, 4) is 11.3 Å². The largest absolute Gasteiger partial charge is 0.435 e. The van der Waals surface area contributed by atoms with Crippen molar-refractivity contribution in [3.63, 3.8) is 0 Å². The first-order chi connectivity index (χ1) is 14.6. The van der Waals surface area contributed by atoms with E-state index >= 15 is 0 Å². The van der Waals surface area contributed by atoms with Gasteiger partial charge in [-0.05, 0) is 24.3 Å². The Morgan fingerprint density at radius 2 is 2.06 bits per heavy atom. The van der Waals surface area contributed by atoms with Crippen LogP contribution < -0.4 is 9.62 Å². The van der Waals surface area contributed by atoms with Gasteiger partial charge in [0.25, 0.3) is 0 Å². The van der Waals surface area contributed by atoms with E-state index in [1.165, 1.54) is 12.3 Å². The van der Waals surface area contributed by atoms with Crippen LogP contribution in [0.25, 0.3) is 16.9 Å². The van der Waals surface area contributed by atoms with Gasteiger partial charge in [0.05, 0.1) is 30.9 Å². The lowest BCUT2D eigenvalue weighted by atomic mass is 10.2. The number of sulfonamides is 1. The molecule has 3 aromatic heterocycles. The minimum atomic E-state index is -4.57. The molecule has 0 amide bonds. The number of aromatic nitrogens is 4. The zero-order valence-electron chi connectivity index (χ0n) is 16.4. The number of ether oxygens (including phenoxy) is 1. The van der Waals surface area contributed by atoms with Crippen LogP contribution in [0.2, 0.25) is 0 Å². The number of anilines is 1. The van der Waals surface area contributed by atoms with Crippen LogP contribution in [0.15, 0.2) is 36.7 Å². The number of halogens is 3. The van der Waals surface area contributed by atoms with Gasteiger partial charge in [-0.15, -0.1) is 0 Å². The summed E-state index contributed by atoms with van der Waals surface area (Å²) < 4.78 is 71.0. The van der Waals surface area contributed by atoms with E-state index in [9.17, 15) is 21.6 Å². The topological polar surface area (TPSA) is 102 Å². The summed E-state index contributed by atoms with van der Waals surface area (Å²) >= 11 is 0. The fourth-order valence-electron chi connectivity index (χ4n) is 3.27. The normalized spacial score (nSPS) is 17.9. The summed E-state index contributed by atoms with van der Waals surface area (Å²) in [5, 5.41) is 3.69. The molecule has 1 saturated heterocycles. The molecule has 4 heterocycles. The Kier molecular flexibility index (Phi) is 5.58. The van der Waals surface area contributed by atoms with Crippen molar-refractivity contribution in [3.05, 3.63) is 42.4 Å². The molecule has 3 aromatic rings. The van der Waals surface area contributed by atoms with Crippen LogP contribution in [0.4, 0.5) is 19.0 Å². The molecule has 1 fully saturated rings. The highest BCUT2D eigenvalue weighted by Gasteiger charge is 2.33. The molecular formula is C18H19F3N6O3S. The van der Waals surface area contributed by atoms with Crippen molar-refractivity contribution in [1.29, 1.82) is 0 Å². The van der Waals surface area contributed by atoms with Gasteiger partial charge in [0.15, 0.2) is 11.3 Å². The summed E-state index contributed by atoms with van der Waals surface area (Å²) in [5.74, 6) is 0.590. The van der Waals surface area contributed by atoms with Gasteiger partial charge in [-0.2, -0.15) is 18.3 Å². The Labute approximate surface area is 175 Å². The van der Waals surface area contributed by atoms with Crippen LogP contribution in [-0.2, 0) is 20.9 Å². The van der Waals surface area contributed by atoms with Gasteiger partial charge in [0.2, 0.25) is 10.0 Å². The Balaban J connectivity index is 1.60. The van der Waals surface area contributed by atoms with E-state index in [-0.39, 0.29) is 12.6 Å². The fourth-order valence-corrected chi connectivity index (χ4v) is 3.76. The number of hydrogen-bond acceptors (Lipinski definition) is 7. The molecular weight excluding hydrogens is 437 g/mol. The molecule has 0 bridgehead atoms. The zero-order valence-corrected chi connectivity index (χ0v) is 17.2. The Bertz CT molecular complexity index is 1200. The second-order valence-corrected chi connectivity index (χ2v) is 8.92. The molecule has 166 valence electrons. The van der Waals surface area contributed by atoms with Crippen molar-refractivity contribution in [1.82, 2.24) is 24.3 Å².